The van der Waals surface area contributed by atoms with Gasteiger partial charge < -0.3 is 96.8 Å². The second-order valence-electron chi connectivity index (χ2n) is 36.0. The van der Waals surface area contributed by atoms with Crippen molar-refractivity contribution < 1.29 is 72.1 Å². The van der Waals surface area contributed by atoms with Crippen LogP contribution in [0.5, 0.6) is 46.0 Å². The Hall–Kier alpha value is -15.1. The molecule has 8 bridgehead atoms. The van der Waals surface area contributed by atoms with Gasteiger partial charge in [0.1, 0.15) is 40.2 Å². The van der Waals surface area contributed by atoms with Crippen LogP contribution in [0.25, 0.3) is 71.7 Å². The quantitative estimate of drug-likeness (QED) is 0.0186. The molecule has 28 rings (SSSR count). The molecule has 14 aliphatic heterocycles. The zero-order valence-corrected chi connectivity index (χ0v) is 84.7. The van der Waals surface area contributed by atoms with Gasteiger partial charge in [-0.25, -0.2) is 39.7 Å². The summed E-state index contributed by atoms with van der Waals surface area (Å²) in [6, 6.07) is 58.5. The third-order valence-electron chi connectivity index (χ3n) is 27.4. The van der Waals surface area contributed by atoms with Gasteiger partial charge in [0.05, 0.1) is 135 Å². The molecule has 3 N–H and O–H groups in total. The first-order valence-corrected chi connectivity index (χ1v) is 49.1. The van der Waals surface area contributed by atoms with Crippen LogP contribution in [-0.2, 0) is 35.4 Å². The number of ether oxygens (including phenoxy) is 8. The minimum atomic E-state index is -1.06. The van der Waals surface area contributed by atoms with Gasteiger partial charge in [0, 0.05) is 179 Å². The van der Waals surface area contributed by atoms with Gasteiger partial charge in [-0.05, 0) is 124 Å². The summed E-state index contributed by atoms with van der Waals surface area (Å²) in [5.41, 5.74) is 24.0. The van der Waals surface area contributed by atoms with Crippen LogP contribution in [0.2, 0.25) is 5.28 Å². The number of piperidine rings is 4. The molecule has 6 fully saturated rings. The Morgan fingerprint density at radius 2 is 0.807 bits per heavy atom. The van der Waals surface area contributed by atoms with Crippen LogP contribution in [0.3, 0.4) is 0 Å². The molecule has 6 saturated heterocycles. The van der Waals surface area contributed by atoms with E-state index in [1.54, 1.807) is 57.2 Å². The Morgan fingerprint density at radius 3 is 1.19 bits per heavy atom. The van der Waals surface area contributed by atoms with Crippen LogP contribution >= 0.6 is 11.6 Å². The van der Waals surface area contributed by atoms with E-state index < -0.39 is 5.97 Å². The number of nitrogen functional groups attached to an aromatic ring is 1. The second-order valence-corrected chi connectivity index (χ2v) is 36.4. The molecule has 0 aliphatic carbocycles. The summed E-state index contributed by atoms with van der Waals surface area (Å²) in [6.07, 6.45) is 17.4. The van der Waals surface area contributed by atoms with Crippen molar-refractivity contribution >= 4 is 79.7 Å². The Bertz CT molecular complexity index is 6900. The number of carboxylic acid groups (broad SMARTS) is 1. The molecule has 0 radical (unpaired) electrons. The van der Waals surface area contributed by atoms with E-state index >= 15 is 0 Å². The van der Waals surface area contributed by atoms with Gasteiger partial charge in [-0.15, -0.1) is 11.6 Å². The van der Waals surface area contributed by atoms with Crippen molar-refractivity contribution in [2.24, 2.45) is 0 Å². The average Bonchev–Trinajstić information content (AvgIpc) is 0.747. The Morgan fingerprint density at radius 1 is 0.434 bits per heavy atom. The van der Waals surface area contributed by atoms with Crippen molar-refractivity contribution in [2.45, 2.75) is 94.3 Å². The number of rotatable bonds is 24. The minimum absolute atomic E-state index is 0. The van der Waals surface area contributed by atoms with E-state index in [9.17, 15) is 14.7 Å². The number of nitrogens with two attached hydrogens (primary N) is 1. The van der Waals surface area contributed by atoms with Crippen molar-refractivity contribution in [2.75, 3.05) is 171 Å². The number of aromatic carboxylic acids is 1. The van der Waals surface area contributed by atoms with Gasteiger partial charge in [0.25, 0.3) is 0 Å². The van der Waals surface area contributed by atoms with Crippen LogP contribution in [0.4, 0.5) is 34.5 Å². The SMILES string of the molecule is COc1cc2c(Oc3ccc(CC(=O)c4nc(-c5ccccc5)c5c(n4)C4CCN5CC4)nc3)ccnc2cc1OCCCN1CCOCC1.COc1cc2c(Oc3ccc(N)nc3)ccnc2cc1OCCCN1CCOCC1.Clc1nc(-c2ccccc2)c2c(n1)C1CCN2CC1.O=C(O)c1nc(-c2ccccc2)c2c(n1)C1CCN2CC1.[C-]#N.[C-]#N.[C-]#[N+]c1nc(-c2ccccc2)c2c(n1)C1CCN2CC1.[Zn+2]. The summed E-state index contributed by atoms with van der Waals surface area (Å²) >= 11 is 6.13. The molecule has 14 aromatic rings. The number of fused-ring (bicyclic) bond motifs is 10. The van der Waals surface area contributed by atoms with E-state index in [4.69, 9.17) is 95.4 Å². The number of nitrogens with zero attached hydrogens (tertiary/aromatic N) is 21. The molecule has 734 valence electrons. The number of anilines is 5. The van der Waals surface area contributed by atoms with Crippen LogP contribution in [0.1, 0.15) is 138 Å². The molecule has 14 aliphatic rings. The predicted molar refractivity (Wildman–Crippen MR) is 547 cm³/mol. The van der Waals surface area contributed by atoms with Crippen molar-refractivity contribution in [3.63, 3.8) is 0 Å². The molecule has 22 heterocycles. The molecule has 33 nitrogen and oxygen atoms in total. The maximum atomic E-state index is 13.6. The summed E-state index contributed by atoms with van der Waals surface area (Å²) in [4.78, 5) is 96.6. The molecule has 0 amide bonds. The largest absolute Gasteiger partial charge is 2.00 e. The number of hydrogen-bond donors (Lipinski definition) is 2. The number of hydrogen-bond acceptors (Lipinski definition) is 31. The number of ketones is 1. The summed E-state index contributed by atoms with van der Waals surface area (Å²) in [5, 5.41) is 23.8. The van der Waals surface area contributed by atoms with Gasteiger partial charge in [-0.1, -0.05) is 121 Å². The fourth-order valence-corrected chi connectivity index (χ4v) is 20.5. The molecule has 0 spiro atoms. The normalized spacial score (nSPS) is 15.6. The van der Waals surface area contributed by atoms with Gasteiger partial charge in [-0.3, -0.25) is 29.5 Å². The molecule has 145 heavy (non-hydrogen) atoms. The average molecular weight is 2020 g/mol. The number of benzene rings is 6. The van der Waals surface area contributed by atoms with Crippen molar-refractivity contribution in [3.05, 3.63) is 277 Å². The van der Waals surface area contributed by atoms with E-state index in [-0.39, 0.29) is 49.3 Å². The summed E-state index contributed by atoms with van der Waals surface area (Å²) in [6.45, 7) is 35.4. The Labute approximate surface area is 859 Å². The van der Waals surface area contributed by atoms with E-state index in [1.807, 2.05) is 140 Å². The zero-order chi connectivity index (χ0) is 99.4. The monoisotopic (exact) mass is 2010 g/mol. The van der Waals surface area contributed by atoms with Gasteiger partial charge in [0.15, 0.2) is 34.5 Å². The maximum absolute atomic E-state index is 13.6. The zero-order valence-electron chi connectivity index (χ0n) is 80.9. The number of halogens is 1. The third-order valence-corrected chi connectivity index (χ3v) is 27.6. The molecule has 0 atom stereocenters. The molecule has 0 unspecified atom stereocenters. The van der Waals surface area contributed by atoms with Gasteiger partial charge >= 0.3 is 31.4 Å². The fourth-order valence-electron chi connectivity index (χ4n) is 20.3. The number of Topliss-reactive ketones (excluding diaryl/α,β-unsaturated/α-hetero) is 1. The van der Waals surface area contributed by atoms with E-state index in [2.05, 4.69) is 108 Å². The first-order chi connectivity index (χ1) is 70.8. The van der Waals surface area contributed by atoms with Crippen LogP contribution in [0, 0.1) is 30.2 Å². The maximum Gasteiger partial charge on any atom is 2.00 e. The van der Waals surface area contributed by atoms with Crippen LogP contribution < -0.4 is 53.8 Å². The number of carboxylic acids is 1. The van der Waals surface area contributed by atoms with Crippen molar-refractivity contribution in [1.82, 2.24) is 69.6 Å². The topological polar surface area (TPSA) is 380 Å². The second kappa shape index (κ2) is 48.3. The molecule has 8 aromatic heterocycles. The van der Waals surface area contributed by atoms with Crippen molar-refractivity contribution in [1.29, 1.82) is 10.5 Å². The standard InChI is InChI=1S/C39H40N6O5.C22H26N4O4.C16H14N4.C16H15N3O2.C15H14ClN3.2CN.Zn/c1-47-34-23-30-31(24-35(34)49-19-5-14-44-17-20-48-21-18-44)40-13-10-33(30)50-29-9-8-28(41-25-29)22-32(46)39-42-36(26-6-3-2-4-7-26)38-37(43-39)27-11-15-45(38)16-12-27;1-27-20-13-17-18(14-21(20)29-10-2-7-26-8-11-28-12-9-26)24-6-5-19(17)30-16-3-4-22(23)25-15-16;1-17-16-18-13(11-5-3-2-4-6-11)15-14(19-16)12-7-9-20(15)10-8-12;20-16(21)15-17-12(10-4-2-1-3-5-10)14-13(18-15)11-6-8-19(14)9-7-11;16-15-17-12(10-4-2-1-3-5-10)14-13(18-15)11-6-8-19(14)9-7-11;2*1-2;/h2-4,6-10,13,23-25,27H,5,11-12,14-22H2,1H3;3-6,13-15H,2,7-12H2,1H3,(H2,23,25);2-6,12H,7-10H2;1-5,11H,6-9H2,(H,20,21);1-5,11H,6-9H2;;;/q;;;;;2*-1;+2. The number of methoxy groups -OCH3 is 2. The Balaban J connectivity index is 0.000000130. The molecular formula is C110H109ClN22O11Zn. The fraction of sp³-hybridized carbons (Fsp3) is 0.336. The number of aromatic nitrogens is 12. The minimum Gasteiger partial charge on any atom is -0.512 e. The summed E-state index contributed by atoms with van der Waals surface area (Å²) < 4.78 is 46.4. The van der Waals surface area contributed by atoms with Crippen LogP contribution in [0.15, 0.2) is 207 Å². The summed E-state index contributed by atoms with van der Waals surface area (Å²) in [5.74, 6) is 6.40. The van der Waals surface area contributed by atoms with E-state index in [0.717, 1.165) is 276 Å². The predicted octanol–water partition coefficient (Wildman–Crippen LogP) is 18.8. The first-order valence-electron chi connectivity index (χ1n) is 48.7. The molecule has 6 aromatic carbocycles. The molecule has 0 saturated carbocycles. The van der Waals surface area contributed by atoms with Crippen molar-refractivity contribution in [3.8, 4) is 91.0 Å². The molecule has 35 heteroatoms. The Kier molecular flexibility index (Phi) is 33.8. The molecular weight excluding hydrogens is 1910 g/mol. The number of morpholine rings is 2. The number of pyridine rings is 4. The van der Waals surface area contributed by atoms with E-state index in [0.29, 0.717) is 99.7 Å². The number of carbonyl (C=O) groups excluding carboxylic acids is 1. The van der Waals surface area contributed by atoms with Gasteiger partial charge in [-0.2, -0.15) is 4.98 Å². The van der Waals surface area contributed by atoms with Gasteiger partial charge in [0.2, 0.25) is 16.9 Å². The first kappa shape index (κ1) is 101. The van der Waals surface area contributed by atoms with Crippen LogP contribution in [-0.4, -0.2) is 232 Å². The third kappa shape index (κ3) is 23.6. The smallest absolute Gasteiger partial charge is 0.512 e. The number of carbonyl (C=O) groups is 2. The van der Waals surface area contributed by atoms with E-state index in [1.165, 1.54) is 18.5 Å². The summed E-state index contributed by atoms with van der Waals surface area (Å²) in [7, 11) is 3.25.